The molecule has 134 valence electrons. The molecule has 1 aromatic carbocycles. The van der Waals surface area contributed by atoms with Gasteiger partial charge in [0.15, 0.2) is 0 Å². The molecule has 0 fully saturated rings. The van der Waals surface area contributed by atoms with Crippen molar-refractivity contribution in [2.75, 3.05) is 12.3 Å². The molecule has 0 radical (unpaired) electrons. The van der Waals surface area contributed by atoms with E-state index in [4.69, 9.17) is 10.5 Å². The Kier molecular flexibility index (Phi) is 4.74. The van der Waals surface area contributed by atoms with Crippen LogP contribution in [0, 0.1) is 5.92 Å². The van der Waals surface area contributed by atoms with E-state index in [0.29, 0.717) is 6.07 Å². The zero-order chi connectivity index (χ0) is 18.3. The van der Waals surface area contributed by atoms with E-state index >= 15 is 0 Å². The molecule has 2 atom stereocenters. The van der Waals surface area contributed by atoms with Crippen LogP contribution in [0.4, 0.5) is 32.0 Å². The molecule has 9 heteroatoms. The van der Waals surface area contributed by atoms with E-state index < -0.39 is 34.7 Å². The van der Waals surface area contributed by atoms with Crippen molar-refractivity contribution in [3.05, 3.63) is 28.8 Å². The minimum absolute atomic E-state index is 0.0359. The van der Waals surface area contributed by atoms with Crippen molar-refractivity contribution in [3.8, 4) is 0 Å². The SMILES string of the molecule is CCC(C)[C@H]1COC(c2c(N)cc(C(F)(F)F)cc2C(F)(F)F)=N1. The summed E-state index contributed by atoms with van der Waals surface area (Å²) in [5, 5.41) is 0. The number of halogens is 6. The van der Waals surface area contributed by atoms with Crippen LogP contribution in [-0.2, 0) is 17.1 Å². The number of alkyl halides is 6. The largest absolute Gasteiger partial charge is 0.475 e. The lowest BCUT2D eigenvalue weighted by atomic mass is 9.99. The highest BCUT2D eigenvalue weighted by atomic mass is 19.4. The molecule has 1 aromatic rings. The summed E-state index contributed by atoms with van der Waals surface area (Å²) in [6.07, 6.45) is -9.23. The van der Waals surface area contributed by atoms with Gasteiger partial charge < -0.3 is 10.5 Å². The Labute approximate surface area is 134 Å². The van der Waals surface area contributed by atoms with Crippen LogP contribution in [0.5, 0.6) is 0 Å². The average molecular weight is 354 g/mol. The van der Waals surface area contributed by atoms with E-state index in [1.54, 1.807) is 0 Å². The van der Waals surface area contributed by atoms with E-state index in [-0.39, 0.29) is 30.5 Å². The molecule has 0 aliphatic carbocycles. The third kappa shape index (κ3) is 3.59. The maximum Gasteiger partial charge on any atom is 0.417 e. The van der Waals surface area contributed by atoms with Crippen LogP contribution in [-0.4, -0.2) is 18.5 Å². The topological polar surface area (TPSA) is 47.6 Å². The van der Waals surface area contributed by atoms with Gasteiger partial charge in [0.05, 0.1) is 22.7 Å². The van der Waals surface area contributed by atoms with E-state index in [9.17, 15) is 26.3 Å². The highest BCUT2D eigenvalue weighted by Gasteiger charge is 2.41. The Balaban J connectivity index is 2.58. The number of hydrogen-bond donors (Lipinski definition) is 1. The van der Waals surface area contributed by atoms with Gasteiger partial charge in [-0.3, -0.25) is 0 Å². The van der Waals surface area contributed by atoms with Crippen molar-refractivity contribution in [1.29, 1.82) is 0 Å². The van der Waals surface area contributed by atoms with Crippen molar-refractivity contribution < 1.29 is 31.1 Å². The maximum atomic E-state index is 13.2. The van der Waals surface area contributed by atoms with Gasteiger partial charge in [0.25, 0.3) is 0 Å². The Morgan fingerprint density at radius 2 is 1.83 bits per heavy atom. The second-order valence-electron chi connectivity index (χ2n) is 5.68. The number of benzene rings is 1. The van der Waals surface area contributed by atoms with Crippen LogP contribution in [0.3, 0.4) is 0 Å². The summed E-state index contributed by atoms with van der Waals surface area (Å²) in [6, 6.07) is 0.147. The molecular formula is C15H16F6N2O. The first kappa shape index (κ1) is 18.4. The normalized spacial score (nSPS) is 19.8. The summed E-state index contributed by atoms with van der Waals surface area (Å²) in [5.41, 5.74) is 1.22. The van der Waals surface area contributed by atoms with Crippen molar-refractivity contribution >= 4 is 11.6 Å². The fourth-order valence-electron chi connectivity index (χ4n) is 2.38. The maximum absolute atomic E-state index is 13.2. The number of nitrogen functional groups attached to an aromatic ring is 1. The predicted molar refractivity (Wildman–Crippen MR) is 76.6 cm³/mol. The molecule has 1 heterocycles. The number of aliphatic imine (C=N–C) groups is 1. The molecule has 0 aromatic heterocycles. The lowest BCUT2D eigenvalue weighted by Gasteiger charge is -2.17. The van der Waals surface area contributed by atoms with Gasteiger partial charge in [-0.05, 0) is 18.1 Å². The Hall–Kier alpha value is -1.93. The van der Waals surface area contributed by atoms with Crippen molar-refractivity contribution in [2.24, 2.45) is 10.9 Å². The number of hydrogen-bond acceptors (Lipinski definition) is 3. The number of ether oxygens (including phenoxy) is 1. The van der Waals surface area contributed by atoms with Gasteiger partial charge in [-0.1, -0.05) is 20.3 Å². The molecule has 0 bridgehead atoms. The van der Waals surface area contributed by atoms with Crippen molar-refractivity contribution in [3.63, 3.8) is 0 Å². The van der Waals surface area contributed by atoms with Crippen LogP contribution < -0.4 is 5.73 Å². The van der Waals surface area contributed by atoms with Crippen LogP contribution in [0.15, 0.2) is 17.1 Å². The second kappa shape index (κ2) is 6.18. The summed E-state index contributed by atoms with van der Waals surface area (Å²) in [4.78, 5) is 4.09. The molecular weight excluding hydrogens is 338 g/mol. The third-order valence-corrected chi connectivity index (χ3v) is 3.99. The molecule has 1 unspecified atom stereocenters. The highest BCUT2D eigenvalue weighted by Crippen LogP contribution is 2.40. The quantitative estimate of drug-likeness (QED) is 0.642. The summed E-state index contributed by atoms with van der Waals surface area (Å²) in [5.74, 6) is -0.300. The number of anilines is 1. The zero-order valence-corrected chi connectivity index (χ0v) is 12.9. The molecule has 0 amide bonds. The van der Waals surface area contributed by atoms with Crippen LogP contribution in [0.1, 0.15) is 37.0 Å². The monoisotopic (exact) mass is 354 g/mol. The molecule has 1 aliphatic rings. The molecule has 1 aliphatic heterocycles. The fraction of sp³-hybridized carbons (Fsp3) is 0.533. The van der Waals surface area contributed by atoms with Gasteiger partial charge >= 0.3 is 12.4 Å². The van der Waals surface area contributed by atoms with Crippen LogP contribution in [0.25, 0.3) is 0 Å². The van der Waals surface area contributed by atoms with Crippen LogP contribution in [0.2, 0.25) is 0 Å². The lowest BCUT2D eigenvalue weighted by Crippen LogP contribution is -2.19. The van der Waals surface area contributed by atoms with Gasteiger partial charge in [-0.2, -0.15) is 26.3 Å². The molecule has 2 rings (SSSR count). The smallest absolute Gasteiger partial charge is 0.417 e. The van der Waals surface area contributed by atoms with E-state index in [1.807, 2.05) is 13.8 Å². The third-order valence-electron chi connectivity index (χ3n) is 3.99. The van der Waals surface area contributed by atoms with E-state index in [0.717, 1.165) is 6.42 Å². The van der Waals surface area contributed by atoms with E-state index in [1.165, 1.54) is 0 Å². The van der Waals surface area contributed by atoms with Crippen LogP contribution >= 0.6 is 0 Å². The Morgan fingerprint density at radius 1 is 1.21 bits per heavy atom. The molecule has 0 saturated carbocycles. The number of nitrogens with zero attached hydrogens (tertiary/aromatic N) is 1. The fourth-order valence-corrected chi connectivity index (χ4v) is 2.38. The van der Waals surface area contributed by atoms with Crippen molar-refractivity contribution in [2.45, 2.75) is 38.7 Å². The Morgan fingerprint density at radius 3 is 2.33 bits per heavy atom. The minimum atomic E-state index is -5.02. The van der Waals surface area contributed by atoms with Gasteiger partial charge in [-0.25, -0.2) is 4.99 Å². The van der Waals surface area contributed by atoms with Gasteiger partial charge in [0.1, 0.15) is 6.61 Å². The standard InChI is InChI=1S/C15H16F6N2O/c1-3-7(2)11-6-24-13(23-11)12-9(15(19,20)21)4-8(5-10(12)22)14(16,17)18/h4-5,7,11H,3,6,22H2,1-2H3/t7?,11-/m1/s1. The molecule has 0 spiro atoms. The van der Waals surface area contributed by atoms with Gasteiger partial charge in [-0.15, -0.1) is 0 Å². The number of nitrogens with two attached hydrogens (primary N) is 1. The molecule has 24 heavy (non-hydrogen) atoms. The summed E-state index contributed by atoms with van der Waals surface area (Å²) in [7, 11) is 0. The summed E-state index contributed by atoms with van der Waals surface area (Å²) in [6.45, 7) is 3.83. The average Bonchev–Trinajstić information content (AvgIpc) is 2.93. The Bertz CT molecular complexity index is 651. The predicted octanol–water partition coefficient (Wildman–Crippen LogP) is 4.50. The van der Waals surface area contributed by atoms with Crippen molar-refractivity contribution in [1.82, 2.24) is 0 Å². The first-order valence-corrected chi connectivity index (χ1v) is 7.24. The summed E-state index contributed by atoms with van der Waals surface area (Å²) >= 11 is 0. The molecule has 3 nitrogen and oxygen atoms in total. The first-order chi connectivity index (χ1) is 10.9. The second-order valence-corrected chi connectivity index (χ2v) is 5.68. The van der Waals surface area contributed by atoms with Gasteiger partial charge in [0, 0.05) is 5.69 Å². The molecule has 2 N–H and O–H groups in total. The van der Waals surface area contributed by atoms with Gasteiger partial charge in [0.2, 0.25) is 5.90 Å². The number of rotatable bonds is 3. The zero-order valence-electron chi connectivity index (χ0n) is 12.9. The van der Waals surface area contributed by atoms with E-state index in [2.05, 4.69) is 4.99 Å². The minimum Gasteiger partial charge on any atom is -0.475 e. The molecule has 0 saturated heterocycles. The first-order valence-electron chi connectivity index (χ1n) is 7.24. The lowest BCUT2D eigenvalue weighted by molar-refractivity contribution is -0.143. The summed E-state index contributed by atoms with van der Waals surface area (Å²) < 4.78 is 83.2. The highest BCUT2D eigenvalue weighted by molar-refractivity contribution is 6.01.